The molecule has 0 aliphatic heterocycles. The molecule has 22 heavy (non-hydrogen) atoms. The summed E-state index contributed by atoms with van der Waals surface area (Å²) in [6.45, 7) is 2.38. The van der Waals surface area contributed by atoms with Crippen molar-refractivity contribution in [2.75, 3.05) is 0 Å². The van der Waals surface area contributed by atoms with E-state index in [1.165, 1.54) is 40.0 Å². The Morgan fingerprint density at radius 1 is 0.955 bits per heavy atom. The molecule has 1 heterocycles. The molecule has 0 radical (unpaired) electrons. The van der Waals surface area contributed by atoms with Crippen LogP contribution < -0.4 is 0 Å². The predicted octanol–water partition coefficient (Wildman–Crippen LogP) is 6.13. The van der Waals surface area contributed by atoms with Gasteiger partial charge in [-0.3, -0.25) is 0 Å². The van der Waals surface area contributed by atoms with Crippen LogP contribution in [0.15, 0.2) is 66.0 Å². The van der Waals surface area contributed by atoms with E-state index in [1.54, 1.807) is 0 Å². The molecule has 4 rings (SSSR count). The molecule has 0 saturated heterocycles. The minimum absolute atomic E-state index is 0.542. The van der Waals surface area contributed by atoms with Gasteiger partial charge in [-0.25, -0.2) is 0 Å². The molecule has 0 fully saturated rings. The maximum absolute atomic E-state index is 2.39. The summed E-state index contributed by atoms with van der Waals surface area (Å²) in [4.78, 5) is 1.36. The molecule has 2 atom stereocenters. The molecule has 0 N–H and O–H groups in total. The van der Waals surface area contributed by atoms with E-state index < -0.39 is 0 Å². The number of hydrogen-bond acceptors (Lipinski definition) is 1. The minimum atomic E-state index is 0.542. The lowest BCUT2D eigenvalue weighted by Crippen LogP contribution is -2.17. The van der Waals surface area contributed by atoms with E-state index in [0.717, 1.165) is 5.92 Å². The first-order chi connectivity index (χ1) is 10.8. The summed E-state index contributed by atoms with van der Waals surface area (Å²) in [7, 11) is 0. The van der Waals surface area contributed by atoms with Crippen LogP contribution in [-0.2, 0) is 6.42 Å². The second kappa shape index (κ2) is 5.73. The number of rotatable bonds is 2. The van der Waals surface area contributed by atoms with Crippen molar-refractivity contribution < 1.29 is 0 Å². The van der Waals surface area contributed by atoms with Gasteiger partial charge in [0, 0.05) is 10.8 Å². The zero-order valence-corrected chi connectivity index (χ0v) is 13.6. The van der Waals surface area contributed by atoms with Gasteiger partial charge in [0.1, 0.15) is 0 Å². The van der Waals surface area contributed by atoms with Crippen LogP contribution in [0.2, 0.25) is 0 Å². The van der Waals surface area contributed by atoms with Crippen molar-refractivity contribution in [1.29, 1.82) is 0 Å². The quantitative estimate of drug-likeness (QED) is 0.534. The van der Waals surface area contributed by atoms with Gasteiger partial charge < -0.3 is 0 Å². The summed E-state index contributed by atoms with van der Waals surface area (Å²) in [6.07, 6.45) is 2.47. The van der Waals surface area contributed by atoms with Crippen LogP contribution in [0.5, 0.6) is 0 Å². The smallest absolute Gasteiger partial charge is 0.0342 e. The standard InChI is InChI=1S/C21H20S/c1-15-12-16-6-2-3-9-19(16)20(13-15)17-7-4-8-18(14-17)21-10-5-11-22-21/h2-11,14-15,20H,12-13H2,1H3/t15-,20-/m1/s1. The largest absolute Gasteiger partial charge is 0.144 e. The Kier molecular flexibility index (Phi) is 3.59. The van der Waals surface area contributed by atoms with Gasteiger partial charge in [0.15, 0.2) is 0 Å². The van der Waals surface area contributed by atoms with E-state index in [2.05, 4.69) is 73.0 Å². The number of hydrogen-bond donors (Lipinski definition) is 0. The van der Waals surface area contributed by atoms with Crippen LogP contribution in [0.1, 0.15) is 36.0 Å². The highest BCUT2D eigenvalue weighted by Gasteiger charge is 2.25. The Morgan fingerprint density at radius 3 is 2.73 bits per heavy atom. The van der Waals surface area contributed by atoms with Crippen molar-refractivity contribution in [3.05, 3.63) is 82.7 Å². The van der Waals surface area contributed by atoms with E-state index in [9.17, 15) is 0 Å². The fourth-order valence-electron chi connectivity index (χ4n) is 3.72. The normalized spacial score (nSPS) is 20.6. The lowest BCUT2D eigenvalue weighted by Gasteiger charge is -2.30. The molecule has 1 aliphatic rings. The zero-order chi connectivity index (χ0) is 14.9. The molecule has 0 nitrogen and oxygen atoms in total. The Morgan fingerprint density at radius 2 is 1.86 bits per heavy atom. The molecule has 2 aromatic carbocycles. The van der Waals surface area contributed by atoms with Gasteiger partial charge in [0.05, 0.1) is 0 Å². The number of benzene rings is 2. The van der Waals surface area contributed by atoms with Crippen molar-refractivity contribution in [3.63, 3.8) is 0 Å². The molecule has 0 bridgehead atoms. The molecule has 0 spiro atoms. The van der Waals surface area contributed by atoms with Gasteiger partial charge in [-0.2, -0.15) is 0 Å². The average molecular weight is 304 g/mol. The van der Waals surface area contributed by atoms with Crippen molar-refractivity contribution in [1.82, 2.24) is 0 Å². The topological polar surface area (TPSA) is 0 Å². The summed E-state index contributed by atoms with van der Waals surface area (Å²) < 4.78 is 0. The van der Waals surface area contributed by atoms with Crippen molar-refractivity contribution in [3.8, 4) is 10.4 Å². The lowest BCUT2D eigenvalue weighted by molar-refractivity contribution is 0.464. The molecule has 1 aliphatic carbocycles. The van der Waals surface area contributed by atoms with Gasteiger partial charge in [-0.05, 0) is 58.5 Å². The Bertz CT molecular complexity index is 770. The molecule has 0 unspecified atom stereocenters. The van der Waals surface area contributed by atoms with E-state index >= 15 is 0 Å². The van der Waals surface area contributed by atoms with Crippen LogP contribution in [0.25, 0.3) is 10.4 Å². The monoisotopic (exact) mass is 304 g/mol. The Labute approximate surface area is 136 Å². The Hall–Kier alpha value is -1.86. The zero-order valence-electron chi connectivity index (χ0n) is 12.8. The highest BCUT2D eigenvalue weighted by Crippen LogP contribution is 2.40. The summed E-state index contributed by atoms with van der Waals surface area (Å²) >= 11 is 1.82. The number of thiophene rings is 1. The first kappa shape index (κ1) is 13.8. The van der Waals surface area contributed by atoms with Gasteiger partial charge >= 0.3 is 0 Å². The third-order valence-electron chi connectivity index (χ3n) is 4.73. The van der Waals surface area contributed by atoms with Crippen molar-refractivity contribution in [2.45, 2.75) is 25.7 Å². The highest BCUT2D eigenvalue weighted by molar-refractivity contribution is 7.13. The fraction of sp³-hybridized carbons (Fsp3) is 0.238. The van der Waals surface area contributed by atoms with Crippen molar-refractivity contribution >= 4 is 11.3 Å². The maximum Gasteiger partial charge on any atom is 0.0342 e. The summed E-state index contributed by atoms with van der Waals surface area (Å²) in [5.74, 6) is 1.30. The third kappa shape index (κ3) is 2.50. The molecular formula is C21H20S. The molecular weight excluding hydrogens is 284 g/mol. The number of fused-ring (bicyclic) bond motifs is 1. The Balaban J connectivity index is 1.78. The summed E-state index contributed by atoms with van der Waals surface area (Å²) in [5, 5.41) is 2.15. The second-order valence-electron chi connectivity index (χ2n) is 6.40. The van der Waals surface area contributed by atoms with Crippen LogP contribution in [-0.4, -0.2) is 0 Å². The molecule has 3 aromatic rings. The van der Waals surface area contributed by atoms with Crippen LogP contribution in [0.4, 0.5) is 0 Å². The average Bonchev–Trinajstić information content (AvgIpc) is 3.09. The molecule has 1 heteroatoms. The summed E-state index contributed by atoms with van der Waals surface area (Å²) in [5.41, 5.74) is 5.88. The lowest BCUT2D eigenvalue weighted by atomic mass is 9.74. The molecule has 0 saturated carbocycles. The molecule has 110 valence electrons. The van der Waals surface area contributed by atoms with E-state index in [4.69, 9.17) is 0 Å². The van der Waals surface area contributed by atoms with Gasteiger partial charge in [0.25, 0.3) is 0 Å². The third-order valence-corrected chi connectivity index (χ3v) is 5.65. The summed E-state index contributed by atoms with van der Waals surface area (Å²) in [6, 6.07) is 22.5. The van der Waals surface area contributed by atoms with E-state index in [-0.39, 0.29) is 0 Å². The van der Waals surface area contributed by atoms with Crippen molar-refractivity contribution in [2.24, 2.45) is 5.92 Å². The highest BCUT2D eigenvalue weighted by atomic mass is 32.1. The minimum Gasteiger partial charge on any atom is -0.144 e. The van der Waals surface area contributed by atoms with Gasteiger partial charge in [-0.1, -0.05) is 55.5 Å². The SMILES string of the molecule is C[C@@H]1Cc2ccccc2[C@@H](c2cccc(-c3cccs3)c2)C1. The van der Waals surface area contributed by atoms with Gasteiger partial charge in [0.2, 0.25) is 0 Å². The molecule has 0 amide bonds. The second-order valence-corrected chi connectivity index (χ2v) is 7.35. The maximum atomic E-state index is 2.39. The first-order valence-electron chi connectivity index (χ1n) is 8.03. The predicted molar refractivity (Wildman–Crippen MR) is 95.5 cm³/mol. The van der Waals surface area contributed by atoms with Crippen LogP contribution in [0.3, 0.4) is 0 Å². The van der Waals surface area contributed by atoms with Gasteiger partial charge in [-0.15, -0.1) is 11.3 Å². The fourth-order valence-corrected chi connectivity index (χ4v) is 4.44. The van der Waals surface area contributed by atoms with Crippen LogP contribution >= 0.6 is 11.3 Å². The molecule has 1 aromatic heterocycles. The van der Waals surface area contributed by atoms with Crippen LogP contribution in [0, 0.1) is 5.92 Å². The van der Waals surface area contributed by atoms with E-state index in [1.807, 2.05) is 11.3 Å². The van der Waals surface area contributed by atoms with E-state index in [0.29, 0.717) is 5.92 Å². The first-order valence-corrected chi connectivity index (χ1v) is 8.91.